The first-order chi connectivity index (χ1) is 12.8. The largest absolute Gasteiger partial charge is 0.462 e. The summed E-state index contributed by atoms with van der Waals surface area (Å²) in [6, 6.07) is 15.1. The van der Waals surface area contributed by atoms with E-state index in [0.717, 1.165) is 11.1 Å². The minimum absolute atomic E-state index is 0.170. The van der Waals surface area contributed by atoms with E-state index in [9.17, 15) is 13.2 Å². The lowest BCUT2D eigenvalue weighted by molar-refractivity contribution is -0.143. The molecule has 0 aliphatic carbocycles. The van der Waals surface area contributed by atoms with Gasteiger partial charge < -0.3 is 4.74 Å². The lowest BCUT2D eigenvalue weighted by atomic mass is 10.0. The summed E-state index contributed by atoms with van der Waals surface area (Å²) in [6.07, 6.45) is 3.83. The molecular weight excluding hydrogens is 382 g/mol. The van der Waals surface area contributed by atoms with Gasteiger partial charge in [-0.3, -0.25) is 0 Å². The Balaban J connectivity index is 2.46. The van der Waals surface area contributed by atoms with Gasteiger partial charge >= 0.3 is 5.97 Å². The molecule has 0 heterocycles. The highest BCUT2D eigenvalue weighted by Gasteiger charge is 2.42. The predicted molar refractivity (Wildman–Crippen MR) is 110 cm³/mol. The maximum atomic E-state index is 13.0. The topological polar surface area (TPSA) is 72.5 Å². The highest BCUT2D eigenvalue weighted by Crippen LogP contribution is 2.26. The standard InChI is InChI=1S/C20H26NO4S2/c1-5-25-20(22)19(26(3)4)18(16-9-7-6-8-10-16)21-27(23,24)17-13-11-15(2)12-14-17/h6-14,18-19,21H,5H2,1-4H3/q+1/t18-,19-/m0/s1. The van der Waals surface area contributed by atoms with E-state index in [-0.39, 0.29) is 11.5 Å². The molecule has 0 spiro atoms. The molecule has 1 N–H and O–H groups in total. The van der Waals surface area contributed by atoms with Gasteiger partial charge in [-0.05, 0) is 42.4 Å². The van der Waals surface area contributed by atoms with E-state index in [4.69, 9.17) is 4.74 Å². The zero-order valence-electron chi connectivity index (χ0n) is 16.0. The molecule has 0 fully saturated rings. The average molecular weight is 409 g/mol. The molecule has 2 aromatic carbocycles. The van der Waals surface area contributed by atoms with Gasteiger partial charge in [0.05, 0.1) is 24.0 Å². The number of carbonyl (C=O) groups is 1. The highest BCUT2D eigenvalue weighted by atomic mass is 32.2. The number of carbonyl (C=O) groups excluding carboxylic acids is 1. The number of ether oxygens (including phenoxy) is 1. The number of esters is 1. The van der Waals surface area contributed by atoms with E-state index in [1.807, 2.05) is 49.8 Å². The summed E-state index contributed by atoms with van der Waals surface area (Å²) in [6.45, 7) is 3.89. The van der Waals surface area contributed by atoms with Gasteiger partial charge in [0.2, 0.25) is 15.3 Å². The number of aryl methyl sites for hydroxylation is 1. The molecule has 0 saturated carbocycles. The number of hydrogen-bond acceptors (Lipinski definition) is 4. The summed E-state index contributed by atoms with van der Waals surface area (Å²) >= 11 is 0. The van der Waals surface area contributed by atoms with Gasteiger partial charge in [-0.2, -0.15) is 4.72 Å². The summed E-state index contributed by atoms with van der Waals surface area (Å²) in [7, 11) is -4.22. The van der Waals surface area contributed by atoms with Crippen molar-refractivity contribution in [1.82, 2.24) is 4.72 Å². The van der Waals surface area contributed by atoms with E-state index >= 15 is 0 Å². The summed E-state index contributed by atoms with van der Waals surface area (Å²) in [5.41, 5.74) is 1.70. The van der Waals surface area contributed by atoms with Crippen LogP contribution >= 0.6 is 0 Å². The van der Waals surface area contributed by atoms with Crippen molar-refractivity contribution in [2.75, 3.05) is 19.1 Å². The normalized spacial score (nSPS) is 14.0. The van der Waals surface area contributed by atoms with Crippen molar-refractivity contribution in [3.63, 3.8) is 0 Å². The fraction of sp³-hybridized carbons (Fsp3) is 0.350. The molecule has 5 nitrogen and oxygen atoms in total. The maximum Gasteiger partial charge on any atom is 0.361 e. The molecule has 0 saturated heterocycles. The lowest BCUT2D eigenvalue weighted by Crippen LogP contribution is -2.45. The Morgan fingerprint density at radius 1 is 1.07 bits per heavy atom. The second-order valence-electron chi connectivity index (χ2n) is 6.37. The van der Waals surface area contributed by atoms with E-state index < -0.39 is 38.2 Å². The molecular formula is C20H26NO4S2+. The van der Waals surface area contributed by atoms with Gasteiger partial charge in [0.15, 0.2) is 0 Å². The second kappa shape index (κ2) is 9.39. The van der Waals surface area contributed by atoms with Crippen LogP contribution in [0, 0.1) is 6.92 Å². The average Bonchev–Trinajstić information content (AvgIpc) is 2.62. The molecule has 0 bridgehead atoms. The Labute approximate surface area is 164 Å². The molecule has 0 unspecified atom stereocenters. The Kier molecular flexibility index (Phi) is 7.47. The fourth-order valence-electron chi connectivity index (χ4n) is 2.74. The SMILES string of the molecule is CCOC(=O)[C@H]([C@@H](NS(=O)(=O)c1ccc(C)cc1)c1ccccc1)[S+](C)C. The van der Waals surface area contributed by atoms with Crippen molar-refractivity contribution in [3.8, 4) is 0 Å². The van der Waals surface area contributed by atoms with E-state index in [1.165, 1.54) is 0 Å². The predicted octanol–water partition coefficient (Wildman–Crippen LogP) is 2.82. The van der Waals surface area contributed by atoms with Crippen LogP contribution in [0.2, 0.25) is 0 Å². The van der Waals surface area contributed by atoms with Crippen LogP contribution in [0.1, 0.15) is 24.1 Å². The molecule has 146 valence electrons. The van der Waals surface area contributed by atoms with Crippen molar-refractivity contribution >= 4 is 26.9 Å². The first-order valence-corrected chi connectivity index (χ1v) is 12.2. The Hall–Kier alpha value is -1.83. The lowest BCUT2D eigenvalue weighted by Gasteiger charge is -2.24. The van der Waals surface area contributed by atoms with Crippen LogP contribution in [-0.4, -0.2) is 38.8 Å². The quantitative estimate of drug-likeness (QED) is 0.538. The molecule has 7 heteroatoms. The smallest absolute Gasteiger partial charge is 0.361 e. The van der Waals surface area contributed by atoms with Gasteiger partial charge in [0, 0.05) is 0 Å². The van der Waals surface area contributed by atoms with Gasteiger partial charge in [-0.25, -0.2) is 13.2 Å². The minimum atomic E-state index is -3.80. The number of benzene rings is 2. The van der Waals surface area contributed by atoms with Crippen LogP contribution in [0.5, 0.6) is 0 Å². The third-order valence-corrected chi connectivity index (χ3v) is 7.04. The molecule has 2 atom stereocenters. The van der Waals surface area contributed by atoms with Crippen LogP contribution in [-0.2, 0) is 30.4 Å². The van der Waals surface area contributed by atoms with Gasteiger partial charge in [0.1, 0.15) is 6.04 Å². The van der Waals surface area contributed by atoms with Crippen molar-refractivity contribution in [2.45, 2.75) is 30.0 Å². The Morgan fingerprint density at radius 2 is 1.67 bits per heavy atom. The third-order valence-electron chi connectivity index (χ3n) is 4.10. The summed E-state index contributed by atoms with van der Waals surface area (Å²) < 4.78 is 33.9. The Morgan fingerprint density at radius 3 is 2.19 bits per heavy atom. The molecule has 2 rings (SSSR count). The number of rotatable bonds is 8. The molecule has 0 aliphatic heterocycles. The fourth-order valence-corrected chi connectivity index (χ4v) is 5.29. The maximum absolute atomic E-state index is 13.0. The third kappa shape index (κ3) is 5.57. The van der Waals surface area contributed by atoms with Crippen LogP contribution in [0.4, 0.5) is 0 Å². The van der Waals surface area contributed by atoms with E-state index in [0.29, 0.717) is 0 Å². The highest BCUT2D eigenvalue weighted by molar-refractivity contribution is 7.97. The van der Waals surface area contributed by atoms with Gasteiger partial charge in [-0.1, -0.05) is 48.0 Å². The van der Waals surface area contributed by atoms with Crippen molar-refractivity contribution in [2.24, 2.45) is 0 Å². The molecule has 0 aromatic heterocycles. The van der Waals surface area contributed by atoms with Crippen LogP contribution in [0.25, 0.3) is 0 Å². The Bertz CT molecular complexity index is 849. The molecule has 27 heavy (non-hydrogen) atoms. The molecule has 2 aromatic rings. The molecule has 0 amide bonds. The monoisotopic (exact) mass is 408 g/mol. The zero-order chi connectivity index (χ0) is 20.0. The van der Waals surface area contributed by atoms with Crippen LogP contribution < -0.4 is 4.72 Å². The van der Waals surface area contributed by atoms with Crippen LogP contribution in [0.15, 0.2) is 59.5 Å². The zero-order valence-corrected chi connectivity index (χ0v) is 17.6. The summed E-state index contributed by atoms with van der Waals surface area (Å²) in [4.78, 5) is 12.8. The van der Waals surface area contributed by atoms with Crippen LogP contribution in [0.3, 0.4) is 0 Å². The molecule has 0 aliphatic rings. The van der Waals surface area contributed by atoms with Crippen molar-refractivity contribution in [3.05, 3.63) is 65.7 Å². The van der Waals surface area contributed by atoms with Gasteiger partial charge in [0.25, 0.3) is 0 Å². The minimum Gasteiger partial charge on any atom is -0.462 e. The van der Waals surface area contributed by atoms with Crippen molar-refractivity contribution in [1.29, 1.82) is 0 Å². The molecule has 0 radical (unpaired) electrons. The number of hydrogen-bond donors (Lipinski definition) is 1. The van der Waals surface area contributed by atoms with Gasteiger partial charge in [-0.15, -0.1) is 0 Å². The first kappa shape index (κ1) is 21.5. The number of sulfonamides is 1. The van der Waals surface area contributed by atoms with E-state index in [1.54, 1.807) is 31.2 Å². The van der Waals surface area contributed by atoms with E-state index in [2.05, 4.69) is 4.72 Å². The second-order valence-corrected chi connectivity index (χ2v) is 10.4. The number of nitrogens with one attached hydrogen (secondary N) is 1. The van der Waals surface area contributed by atoms with Crippen molar-refractivity contribution < 1.29 is 17.9 Å². The summed E-state index contributed by atoms with van der Waals surface area (Å²) in [5.74, 6) is -0.397. The first-order valence-electron chi connectivity index (χ1n) is 8.63. The summed E-state index contributed by atoms with van der Waals surface area (Å²) in [5, 5.41) is -0.618.